The third kappa shape index (κ3) is 2.91. The highest BCUT2D eigenvalue weighted by Crippen LogP contribution is 2.42. The highest BCUT2D eigenvalue weighted by atomic mass is 19.4. The Balaban J connectivity index is 2.35. The molecule has 1 saturated carbocycles. The molecule has 2 rings (SSSR count). The van der Waals surface area contributed by atoms with Gasteiger partial charge in [0.1, 0.15) is 5.67 Å². The van der Waals surface area contributed by atoms with Crippen molar-refractivity contribution < 1.29 is 17.6 Å². The average molecular weight is 275 g/mol. The van der Waals surface area contributed by atoms with Gasteiger partial charge >= 0.3 is 6.18 Å². The first-order chi connectivity index (χ1) is 8.72. The van der Waals surface area contributed by atoms with Crippen LogP contribution in [0.25, 0.3) is 0 Å². The first-order valence-electron chi connectivity index (χ1n) is 6.35. The summed E-state index contributed by atoms with van der Waals surface area (Å²) in [5.74, 6) is 0. The molecule has 1 aromatic rings. The van der Waals surface area contributed by atoms with Crippen LogP contribution in [0.5, 0.6) is 0 Å². The number of benzene rings is 1. The Labute approximate surface area is 109 Å². The molecule has 1 fully saturated rings. The standard InChI is InChI=1S/C14H17F4N/c1-9-7-10(14(16,17)18)4-5-12(9)13(15)6-2-3-11(19)8-13/h4-5,7,11H,2-3,6,8,19H2,1H3. The van der Waals surface area contributed by atoms with Gasteiger partial charge in [-0.3, -0.25) is 0 Å². The van der Waals surface area contributed by atoms with Crippen molar-refractivity contribution in [1.82, 2.24) is 0 Å². The molecule has 0 aromatic heterocycles. The van der Waals surface area contributed by atoms with Gasteiger partial charge in [-0.05, 0) is 49.4 Å². The van der Waals surface area contributed by atoms with Crippen LogP contribution in [0.3, 0.4) is 0 Å². The molecule has 1 aliphatic rings. The molecule has 0 radical (unpaired) electrons. The van der Waals surface area contributed by atoms with E-state index >= 15 is 0 Å². The summed E-state index contributed by atoms with van der Waals surface area (Å²) in [7, 11) is 0. The van der Waals surface area contributed by atoms with Crippen LogP contribution in [0.4, 0.5) is 17.6 Å². The van der Waals surface area contributed by atoms with Crippen LogP contribution in [0.2, 0.25) is 0 Å². The van der Waals surface area contributed by atoms with E-state index in [9.17, 15) is 17.6 Å². The van der Waals surface area contributed by atoms with Gasteiger partial charge < -0.3 is 5.73 Å². The Morgan fingerprint density at radius 3 is 2.53 bits per heavy atom. The molecule has 0 bridgehead atoms. The normalized spacial score (nSPS) is 28.4. The predicted octanol–water partition coefficient (Wildman–Crippen LogP) is 4.08. The van der Waals surface area contributed by atoms with E-state index in [1.807, 2.05) is 0 Å². The minimum absolute atomic E-state index is 0.180. The Hall–Kier alpha value is -1.10. The molecule has 5 heteroatoms. The number of hydrogen-bond acceptors (Lipinski definition) is 1. The summed E-state index contributed by atoms with van der Waals surface area (Å²) in [5.41, 5.74) is 4.13. The molecule has 0 amide bonds. The van der Waals surface area contributed by atoms with Crippen molar-refractivity contribution in [2.24, 2.45) is 5.73 Å². The fourth-order valence-electron chi connectivity index (χ4n) is 2.85. The molecule has 0 aliphatic heterocycles. The number of rotatable bonds is 1. The van der Waals surface area contributed by atoms with E-state index in [2.05, 4.69) is 0 Å². The van der Waals surface area contributed by atoms with Crippen molar-refractivity contribution in [3.8, 4) is 0 Å². The lowest BCUT2D eigenvalue weighted by Crippen LogP contribution is -2.36. The van der Waals surface area contributed by atoms with E-state index in [-0.39, 0.29) is 12.5 Å². The zero-order chi connectivity index (χ0) is 14.3. The molecule has 2 unspecified atom stereocenters. The second kappa shape index (κ2) is 4.78. The summed E-state index contributed by atoms with van der Waals surface area (Å²) in [6.45, 7) is 1.52. The van der Waals surface area contributed by atoms with Crippen LogP contribution < -0.4 is 5.73 Å². The van der Waals surface area contributed by atoms with Crippen molar-refractivity contribution in [1.29, 1.82) is 0 Å². The van der Waals surface area contributed by atoms with Gasteiger partial charge in [0.25, 0.3) is 0 Å². The summed E-state index contributed by atoms with van der Waals surface area (Å²) < 4.78 is 52.6. The maximum Gasteiger partial charge on any atom is 0.416 e. The molecule has 2 N–H and O–H groups in total. The summed E-state index contributed by atoms with van der Waals surface area (Å²) in [4.78, 5) is 0. The Bertz CT molecular complexity index is 469. The number of nitrogens with two attached hydrogens (primary N) is 1. The molecule has 19 heavy (non-hydrogen) atoms. The van der Waals surface area contributed by atoms with Crippen molar-refractivity contribution in [3.05, 3.63) is 34.9 Å². The van der Waals surface area contributed by atoms with E-state index in [4.69, 9.17) is 5.73 Å². The van der Waals surface area contributed by atoms with Crippen LogP contribution in [0.1, 0.15) is 42.4 Å². The summed E-state index contributed by atoms with van der Waals surface area (Å²) in [6.07, 6.45) is -2.45. The summed E-state index contributed by atoms with van der Waals surface area (Å²) >= 11 is 0. The van der Waals surface area contributed by atoms with Gasteiger partial charge in [-0.1, -0.05) is 6.07 Å². The lowest BCUT2D eigenvalue weighted by Gasteiger charge is -2.34. The van der Waals surface area contributed by atoms with Crippen LogP contribution >= 0.6 is 0 Å². The van der Waals surface area contributed by atoms with Gasteiger partial charge in [0.15, 0.2) is 0 Å². The third-order valence-electron chi connectivity index (χ3n) is 3.77. The van der Waals surface area contributed by atoms with E-state index in [0.717, 1.165) is 18.6 Å². The second-order valence-electron chi connectivity index (χ2n) is 5.35. The fourth-order valence-corrected chi connectivity index (χ4v) is 2.85. The maximum atomic E-state index is 14.9. The van der Waals surface area contributed by atoms with Crippen molar-refractivity contribution in [3.63, 3.8) is 0 Å². The lowest BCUT2D eigenvalue weighted by molar-refractivity contribution is -0.137. The topological polar surface area (TPSA) is 26.0 Å². The first-order valence-corrected chi connectivity index (χ1v) is 6.35. The van der Waals surface area contributed by atoms with Crippen molar-refractivity contribution >= 4 is 0 Å². The smallest absolute Gasteiger partial charge is 0.328 e. The molecule has 1 aliphatic carbocycles. The molecule has 0 heterocycles. The predicted molar refractivity (Wildman–Crippen MR) is 65.4 cm³/mol. The largest absolute Gasteiger partial charge is 0.416 e. The summed E-state index contributed by atoms with van der Waals surface area (Å²) in [5, 5.41) is 0. The van der Waals surface area contributed by atoms with Gasteiger partial charge in [-0.2, -0.15) is 13.2 Å². The van der Waals surface area contributed by atoms with Crippen LogP contribution in [-0.2, 0) is 11.8 Å². The fraction of sp³-hybridized carbons (Fsp3) is 0.571. The maximum absolute atomic E-state index is 14.9. The Kier molecular flexibility index (Phi) is 3.60. The van der Waals surface area contributed by atoms with Gasteiger partial charge in [-0.15, -0.1) is 0 Å². The Morgan fingerprint density at radius 2 is 2.00 bits per heavy atom. The van der Waals surface area contributed by atoms with Gasteiger partial charge in [-0.25, -0.2) is 4.39 Å². The lowest BCUT2D eigenvalue weighted by atomic mass is 9.77. The van der Waals surface area contributed by atoms with Gasteiger partial charge in [0, 0.05) is 12.5 Å². The molecular formula is C14H17F4N. The van der Waals surface area contributed by atoms with E-state index in [1.165, 1.54) is 13.0 Å². The zero-order valence-corrected chi connectivity index (χ0v) is 10.7. The average Bonchev–Trinajstić information content (AvgIpc) is 2.26. The molecule has 0 spiro atoms. The van der Waals surface area contributed by atoms with Crippen LogP contribution in [0.15, 0.2) is 18.2 Å². The quantitative estimate of drug-likeness (QED) is 0.768. The molecule has 1 nitrogen and oxygen atoms in total. The minimum Gasteiger partial charge on any atom is -0.328 e. The van der Waals surface area contributed by atoms with Gasteiger partial charge in [0.2, 0.25) is 0 Å². The second-order valence-corrected chi connectivity index (χ2v) is 5.35. The zero-order valence-electron chi connectivity index (χ0n) is 10.7. The molecule has 0 saturated heterocycles. The SMILES string of the molecule is Cc1cc(C(F)(F)F)ccc1C1(F)CCCC(N)C1. The van der Waals surface area contributed by atoms with Crippen molar-refractivity contribution in [2.75, 3.05) is 0 Å². The molecule has 1 aromatic carbocycles. The number of alkyl halides is 4. The van der Waals surface area contributed by atoms with Gasteiger partial charge in [0.05, 0.1) is 5.56 Å². The summed E-state index contributed by atoms with van der Waals surface area (Å²) in [6, 6.07) is 3.00. The number of hydrogen-bond donors (Lipinski definition) is 1. The van der Waals surface area contributed by atoms with E-state index in [1.54, 1.807) is 0 Å². The first kappa shape index (κ1) is 14.3. The third-order valence-corrected chi connectivity index (χ3v) is 3.77. The highest BCUT2D eigenvalue weighted by Gasteiger charge is 2.39. The van der Waals surface area contributed by atoms with Crippen LogP contribution in [-0.4, -0.2) is 6.04 Å². The Morgan fingerprint density at radius 1 is 1.32 bits per heavy atom. The van der Waals surface area contributed by atoms with E-state index < -0.39 is 17.4 Å². The van der Waals surface area contributed by atoms with Crippen LogP contribution in [0, 0.1) is 6.92 Å². The monoisotopic (exact) mass is 275 g/mol. The van der Waals surface area contributed by atoms with E-state index in [0.29, 0.717) is 24.0 Å². The molecular weight excluding hydrogens is 258 g/mol. The molecule has 106 valence electrons. The minimum atomic E-state index is -4.39. The number of aryl methyl sites for hydroxylation is 1. The van der Waals surface area contributed by atoms with Crippen molar-refractivity contribution in [2.45, 2.75) is 50.5 Å². The molecule has 2 atom stereocenters. The highest BCUT2D eigenvalue weighted by molar-refractivity contribution is 5.37. The number of halogens is 4.